The molecule has 0 spiro atoms. The van der Waals surface area contributed by atoms with E-state index in [4.69, 9.17) is 0 Å². The predicted octanol–water partition coefficient (Wildman–Crippen LogP) is 3.91. The van der Waals surface area contributed by atoms with Crippen molar-refractivity contribution in [2.75, 3.05) is 5.33 Å². The number of halogens is 1. The van der Waals surface area contributed by atoms with Crippen LogP contribution >= 0.6 is 15.9 Å². The molecule has 0 bridgehead atoms. The van der Waals surface area contributed by atoms with Crippen LogP contribution in [0.15, 0.2) is 60.7 Å². The van der Waals surface area contributed by atoms with Crippen molar-refractivity contribution >= 4 is 34.4 Å². The molecule has 1 aliphatic heterocycles. The standard InChI is InChI=1S/C18H21BrSi/c1-15-13-20(14-16(15)12-19,17-8-4-2-5-9-17)18-10-6-3-7-11-18/h2-11,15-16H,12-14H2,1H3/t15-,16-/m0/s1. The smallest absolute Gasteiger partial charge is 0.0925 e. The van der Waals surface area contributed by atoms with Crippen LogP contribution in [0.4, 0.5) is 0 Å². The van der Waals surface area contributed by atoms with E-state index in [1.807, 2.05) is 0 Å². The lowest BCUT2D eigenvalue weighted by atomic mass is 10.0. The van der Waals surface area contributed by atoms with Gasteiger partial charge in [0.15, 0.2) is 0 Å². The Balaban J connectivity index is 2.10. The zero-order valence-corrected chi connectivity index (χ0v) is 14.5. The fourth-order valence-corrected chi connectivity index (χ4v) is 11.1. The van der Waals surface area contributed by atoms with E-state index >= 15 is 0 Å². The van der Waals surface area contributed by atoms with Crippen molar-refractivity contribution in [1.82, 2.24) is 0 Å². The lowest BCUT2D eigenvalue weighted by Crippen LogP contribution is -2.56. The molecule has 0 unspecified atom stereocenters. The third-order valence-electron chi connectivity index (χ3n) is 4.94. The van der Waals surface area contributed by atoms with Crippen molar-refractivity contribution in [3.05, 3.63) is 60.7 Å². The Morgan fingerprint density at radius 2 is 1.40 bits per heavy atom. The topological polar surface area (TPSA) is 0 Å². The van der Waals surface area contributed by atoms with Crippen LogP contribution in [0.1, 0.15) is 6.92 Å². The Bertz CT molecular complexity index is 513. The van der Waals surface area contributed by atoms with Crippen LogP contribution in [0.3, 0.4) is 0 Å². The van der Waals surface area contributed by atoms with E-state index in [9.17, 15) is 0 Å². The molecule has 20 heavy (non-hydrogen) atoms. The minimum Gasteiger partial charge on any atom is -0.0925 e. The first-order valence-corrected chi connectivity index (χ1v) is 11.0. The lowest BCUT2D eigenvalue weighted by molar-refractivity contribution is 0.496. The molecule has 2 heteroatoms. The Morgan fingerprint density at radius 3 is 1.80 bits per heavy atom. The minimum absolute atomic E-state index is 0.821. The molecule has 0 aromatic heterocycles. The molecule has 0 nitrogen and oxygen atoms in total. The third-order valence-corrected chi connectivity index (χ3v) is 11.2. The number of hydrogen-bond acceptors (Lipinski definition) is 0. The van der Waals surface area contributed by atoms with Gasteiger partial charge in [0.1, 0.15) is 8.07 Å². The second-order valence-electron chi connectivity index (χ2n) is 6.11. The molecule has 0 radical (unpaired) electrons. The normalized spacial score (nSPS) is 24.7. The Labute approximate surface area is 131 Å². The van der Waals surface area contributed by atoms with Gasteiger partial charge in [-0.25, -0.2) is 0 Å². The maximum atomic E-state index is 3.74. The molecular weight excluding hydrogens is 324 g/mol. The largest absolute Gasteiger partial charge is 0.118 e. The lowest BCUT2D eigenvalue weighted by Gasteiger charge is -2.28. The van der Waals surface area contributed by atoms with Gasteiger partial charge in [0, 0.05) is 5.33 Å². The summed E-state index contributed by atoms with van der Waals surface area (Å²) in [6.45, 7) is 2.44. The maximum Gasteiger partial charge on any atom is 0.118 e. The summed E-state index contributed by atoms with van der Waals surface area (Å²) >= 11 is 3.74. The number of rotatable bonds is 3. The van der Waals surface area contributed by atoms with Crippen molar-refractivity contribution in [3.63, 3.8) is 0 Å². The van der Waals surface area contributed by atoms with E-state index in [0.717, 1.165) is 17.2 Å². The average molecular weight is 345 g/mol. The summed E-state index contributed by atoms with van der Waals surface area (Å²) < 4.78 is 0. The fourth-order valence-electron chi connectivity index (χ4n) is 3.81. The summed E-state index contributed by atoms with van der Waals surface area (Å²) in [7, 11) is -1.56. The highest BCUT2D eigenvalue weighted by Crippen LogP contribution is 2.40. The highest BCUT2D eigenvalue weighted by Gasteiger charge is 2.47. The summed E-state index contributed by atoms with van der Waals surface area (Å²) in [5, 5.41) is 4.37. The molecule has 1 heterocycles. The summed E-state index contributed by atoms with van der Waals surface area (Å²) in [6.07, 6.45) is 0. The predicted molar refractivity (Wildman–Crippen MR) is 94.0 cm³/mol. The van der Waals surface area contributed by atoms with Crippen LogP contribution in [0.25, 0.3) is 0 Å². The van der Waals surface area contributed by atoms with Crippen molar-refractivity contribution in [3.8, 4) is 0 Å². The van der Waals surface area contributed by atoms with Gasteiger partial charge in [0.25, 0.3) is 0 Å². The zero-order chi connectivity index (χ0) is 14.0. The number of hydrogen-bond donors (Lipinski definition) is 0. The van der Waals surface area contributed by atoms with Crippen LogP contribution in [0, 0.1) is 11.8 Å². The van der Waals surface area contributed by atoms with E-state index in [0.29, 0.717) is 0 Å². The van der Waals surface area contributed by atoms with Crippen molar-refractivity contribution < 1.29 is 0 Å². The first kappa shape index (κ1) is 14.1. The van der Waals surface area contributed by atoms with Crippen LogP contribution in [0.5, 0.6) is 0 Å². The van der Waals surface area contributed by atoms with Gasteiger partial charge in [0.05, 0.1) is 0 Å². The van der Waals surface area contributed by atoms with E-state index in [2.05, 4.69) is 83.5 Å². The van der Waals surface area contributed by atoms with Gasteiger partial charge in [-0.15, -0.1) is 0 Å². The van der Waals surface area contributed by atoms with E-state index in [1.54, 1.807) is 10.4 Å². The van der Waals surface area contributed by atoms with Gasteiger partial charge in [-0.1, -0.05) is 93.9 Å². The fraction of sp³-hybridized carbons (Fsp3) is 0.333. The second kappa shape index (κ2) is 5.86. The van der Waals surface area contributed by atoms with Crippen LogP contribution in [0.2, 0.25) is 12.1 Å². The Kier molecular flexibility index (Phi) is 4.13. The average Bonchev–Trinajstić information content (AvgIpc) is 2.87. The molecule has 1 aliphatic rings. The van der Waals surface area contributed by atoms with Gasteiger partial charge in [-0.05, 0) is 23.9 Å². The molecule has 1 saturated heterocycles. The second-order valence-corrected chi connectivity index (χ2v) is 10.9. The summed E-state index contributed by atoms with van der Waals surface area (Å²) in [6, 6.07) is 25.3. The van der Waals surface area contributed by atoms with Gasteiger partial charge in [-0.2, -0.15) is 0 Å². The summed E-state index contributed by atoms with van der Waals surface area (Å²) in [5.41, 5.74) is 0. The first-order valence-electron chi connectivity index (χ1n) is 7.43. The summed E-state index contributed by atoms with van der Waals surface area (Å²) in [5.74, 6) is 1.64. The van der Waals surface area contributed by atoms with E-state index in [-0.39, 0.29) is 0 Å². The van der Waals surface area contributed by atoms with Gasteiger partial charge >= 0.3 is 0 Å². The molecule has 1 fully saturated rings. The molecule has 0 N–H and O–H groups in total. The molecule has 3 rings (SSSR count). The molecule has 2 atom stereocenters. The van der Waals surface area contributed by atoms with Crippen LogP contribution in [-0.4, -0.2) is 13.4 Å². The van der Waals surface area contributed by atoms with Gasteiger partial charge < -0.3 is 0 Å². The first-order chi connectivity index (χ1) is 9.76. The number of benzene rings is 2. The maximum absolute atomic E-state index is 3.74. The van der Waals surface area contributed by atoms with Gasteiger partial charge in [0.2, 0.25) is 0 Å². The molecule has 104 valence electrons. The zero-order valence-electron chi connectivity index (χ0n) is 11.9. The Hall–Kier alpha value is -0.863. The molecule has 2 aromatic rings. The SMILES string of the molecule is C[C@H]1C[Si](c2ccccc2)(c2ccccc2)C[C@@H]1CBr. The molecule has 0 aliphatic carbocycles. The van der Waals surface area contributed by atoms with Crippen LogP contribution in [-0.2, 0) is 0 Å². The van der Waals surface area contributed by atoms with E-state index in [1.165, 1.54) is 12.1 Å². The van der Waals surface area contributed by atoms with Crippen LogP contribution < -0.4 is 10.4 Å². The highest BCUT2D eigenvalue weighted by molar-refractivity contribution is 9.09. The quantitative estimate of drug-likeness (QED) is 0.584. The third kappa shape index (κ3) is 2.40. The Morgan fingerprint density at radius 1 is 0.900 bits per heavy atom. The van der Waals surface area contributed by atoms with Crippen molar-refractivity contribution in [2.24, 2.45) is 11.8 Å². The van der Waals surface area contributed by atoms with Crippen molar-refractivity contribution in [1.29, 1.82) is 0 Å². The molecular formula is C18H21BrSi. The molecule has 0 amide bonds. The summed E-state index contributed by atoms with van der Waals surface area (Å²) in [4.78, 5) is 0. The highest BCUT2D eigenvalue weighted by atomic mass is 79.9. The monoisotopic (exact) mass is 344 g/mol. The van der Waals surface area contributed by atoms with E-state index < -0.39 is 8.07 Å². The van der Waals surface area contributed by atoms with Crippen molar-refractivity contribution in [2.45, 2.75) is 19.0 Å². The number of alkyl halides is 1. The van der Waals surface area contributed by atoms with Gasteiger partial charge in [-0.3, -0.25) is 0 Å². The molecule has 2 aromatic carbocycles. The molecule has 0 saturated carbocycles. The minimum atomic E-state index is -1.56.